The molecule has 0 aliphatic carbocycles. The van der Waals surface area contributed by atoms with Crippen molar-refractivity contribution in [3.63, 3.8) is 0 Å². The second-order valence-corrected chi connectivity index (χ2v) is 9.62. The molecule has 1 aliphatic heterocycles. The number of fused-ring (bicyclic) bond motifs is 1. The number of aromatic nitrogens is 1. The molecule has 0 saturated carbocycles. The highest BCUT2D eigenvalue weighted by Crippen LogP contribution is 2.42. The van der Waals surface area contributed by atoms with Crippen LogP contribution in [0.1, 0.15) is 17.2 Å². The minimum atomic E-state index is -4.63. The third kappa shape index (κ3) is 4.76. The van der Waals surface area contributed by atoms with Gasteiger partial charge in [-0.2, -0.15) is 13.2 Å². The summed E-state index contributed by atoms with van der Waals surface area (Å²) in [4.78, 5) is 5.42. The molecule has 1 atom stereocenters. The largest absolute Gasteiger partial charge is 0.489 e. The van der Waals surface area contributed by atoms with E-state index in [1.54, 1.807) is 10.3 Å². The number of alkyl halides is 3. The third-order valence-corrected chi connectivity index (χ3v) is 7.09. The van der Waals surface area contributed by atoms with Gasteiger partial charge in [-0.25, -0.2) is 13.4 Å². The number of sulfonamides is 1. The maximum atomic E-state index is 13.2. The molecular formula is C20H18F3N3O5S2. The van der Waals surface area contributed by atoms with Crippen LogP contribution < -0.4 is 14.4 Å². The SMILES string of the molecule is O=S(=O)(Nc1nccs1)c1ccc2c(c1)OCCN2c1ccc(C(F)(F)F)cc1[C@@H](O)CO. The number of ether oxygens (including phenoxy) is 1. The number of benzene rings is 2. The number of hydrogen-bond acceptors (Lipinski definition) is 8. The van der Waals surface area contributed by atoms with Gasteiger partial charge < -0.3 is 19.8 Å². The summed E-state index contributed by atoms with van der Waals surface area (Å²) in [6, 6.07) is 7.00. The van der Waals surface area contributed by atoms with Crippen LogP contribution in [0.15, 0.2) is 52.9 Å². The smallest absolute Gasteiger partial charge is 0.416 e. The summed E-state index contributed by atoms with van der Waals surface area (Å²) < 4.78 is 72.9. The van der Waals surface area contributed by atoms with Gasteiger partial charge in [0.1, 0.15) is 18.5 Å². The number of halogens is 3. The first-order valence-electron chi connectivity index (χ1n) is 9.57. The van der Waals surface area contributed by atoms with Crippen LogP contribution in [-0.2, 0) is 16.2 Å². The van der Waals surface area contributed by atoms with Gasteiger partial charge in [0.2, 0.25) is 0 Å². The Balaban J connectivity index is 1.73. The molecule has 0 spiro atoms. The maximum absolute atomic E-state index is 13.2. The van der Waals surface area contributed by atoms with E-state index in [9.17, 15) is 31.8 Å². The molecule has 2 heterocycles. The average molecular weight is 502 g/mol. The molecule has 3 aromatic rings. The van der Waals surface area contributed by atoms with E-state index in [1.807, 2.05) is 0 Å². The fourth-order valence-electron chi connectivity index (χ4n) is 3.41. The van der Waals surface area contributed by atoms with Gasteiger partial charge in [0, 0.05) is 28.9 Å². The predicted octanol–water partition coefficient (Wildman–Crippen LogP) is 3.52. The Kier molecular flexibility index (Phi) is 6.22. The summed E-state index contributed by atoms with van der Waals surface area (Å²) in [5.41, 5.74) is -0.426. The molecule has 0 radical (unpaired) electrons. The lowest BCUT2D eigenvalue weighted by molar-refractivity contribution is -0.137. The van der Waals surface area contributed by atoms with Gasteiger partial charge in [0.25, 0.3) is 10.0 Å². The fraction of sp³-hybridized carbons (Fsp3) is 0.250. The zero-order valence-corrected chi connectivity index (χ0v) is 18.4. The van der Waals surface area contributed by atoms with E-state index in [-0.39, 0.29) is 40.2 Å². The molecule has 0 saturated heterocycles. The Bertz CT molecular complexity index is 1250. The number of aliphatic hydroxyl groups is 2. The quantitative estimate of drug-likeness (QED) is 0.474. The molecule has 13 heteroatoms. The lowest BCUT2D eigenvalue weighted by Crippen LogP contribution is -2.30. The summed E-state index contributed by atoms with van der Waals surface area (Å²) in [5, 5.41) is 21.4. The van der Waals surface area contributed by atoms with E-state index >= 15 is 0 Å². The third-order valence-electron chi connectivity index (χ3n) is 4.94. The standard InChI is InChI=1S/C20H18F3N3O5S2/c21-20(22,23)12-1-3-15(14(9-12)17(28)11-27)26-6-7-31-18-10-13(2-4-16(18)26)33(29,30)25-19-24-5-8-32-19/h1-5,8-10,17,27-28H,6-7,11H2,(H,24,25)/t17-/m0/s1. The molecule has 3 N–H and O–H groups in total. The van der Waals surface area contributed by atoms with Crippen LogP contribution in [0.5, 0.6) is 5.75 Å². The molecule has 1 aromatic heterocycles. The molecule has 4 rings (SSSR count). The van der Waals surface area contributed by atoms with Crippen LogP contribution in [0.2, 0.25) is 0 Å². The summed E-state index contributed by atoms with van der Waals surface area (Å²) in [7, 11) is -3.95. The molecule has 2 aromatic carbocycles. The average Bonchev–Trinajstić information content (AvgIpc) is 3.29. The number of nitrogens with one attached hydrogen (secondary N) is 1. The summed E-state index contributed by atoms with van der Waals surface area (Å²) >= 11 is 1.12. The van der Waals surface area contributed by atoms with Gasteiger partial charge in [-0.15, -0.1) is 11.3 Å². The molecule has 0 unspecified atom stereocenters. The molecule has 0 fully saturated rings. The number of nitrogens with zero attached hydrogens (tertiary/aromatic N) is 2. The zero-order chi connectivity index (χ0) is 23.8. The van der Waals surface area contributed by atoms with Crippen molar-refractivity contribution in [2.24, 2.45) is 0 Å². The second-order valence-electron chi connectivity index (χ2n) is 7.04. The normalized spacial score (nSPS) is 15.0. The van der Waals surface area contributed by atoms with Crippen molar-refractivity contribution in [2.75, 3.05) is 29.4 Å². The van der Waals surface area contributed by atoms with Crippen LogP contribution in [0.3, 0.4) is 0 Å². The summed E-state index contributed by atoms with van der Waals surface area (Å²) in [5.74, 6) is 0.201. The molecule has 176 valence electrons. The number of rotatable bonds is 6. The highest BCUT2D eigenvalue weighted by molar-refractivity contribution is 7.93. The van der Waals surface area contributed by atoms with Crippen molar-refractivity contribution in [1.82, 2.24) is 4.98 Å². The van der Waals surface area contributed by atoms with Crippen molar-refractivity contribution in [1.29, 1.82) is 0 Å². The first-order valence-corrected chi connectivity index (χ1v) is 11.9. The molecule has 0 bridgehead atoms. The maximum Gasteiger partial charge on any atom is 0.416 e. The van der Waals surface area contributed by atoms with Gasteiger partial charge >= 0.3 is 6.18 Å². The van der Waals surface area contributed by atoms with Crippen LogP contribution in [0.25, 0.3) is 0 Å². The molecule has 8 nitrogen and oxygen atoms in total. The Morgan fingerprint density at radius 1 is 1.21 bits per heavy atom. The number of hydrogen-bond donors (Lipinski definition) is 3. The van der Waals surface area contributed by atoms with Crippen molar-refractivity contribution in [2.45, 2.75) is 17.2 Å². The van der Waals surface area contributed by atoms with E-state index in [1.165, 1.54) is 30.5 Å². The van der Waals surface area contributed by atoms with E-state index in [0.717, 1.165) is 23.5 Å². The molecular weight excluding hydrogens is 483 g/mol. The van der Waals surface area contributed by atoms with Crippen molar-refractivity contribution >= 4 is 37.9 Å². The van der Waals surface area contributed by atoms with Crippen LogP contribution in [0.4, 0.5) is 29.7 Å². The van der Waals surface area contributed by atoms with Crippen molar-refractivity contribution in [3.8, 4) is 5.75 Å². The number of aliphatic hydroxyl groups excluding tert-OH is 2. The van der Waals surface area contributed by atoms with E-state index < -0.39 is 34.5 Å². The lowest BCUT2D eigenvalue weighted by atomic mass is 10.0. The minimum Gasteiger partial charge on any atom is -0.489 e. The highest BCUT2D eigenvalue weighted by atomic mass is 32.2. The summed E-state index contributed by atoms with van der Waals surface area (Å²) in [6.07, 6.45) is -4.71. The van der Waals surface area contributed by atoms with Crippen molar-refractivity contribution < 1.29 is 36.5 Å². The van der Waals surface area contributed by atoms with Crippen LogP contribution in [0, 0.1) is 0 Å². The van der Waals surface area contributed by atoms with E-state index in [2.05, 4.69) is 9.71 Å². The lowest BCUT2D eigenvalue weighted by Gasteiger charge is -2.33. The van der Waals surface area contributed by atoms with Crippen LogP contribution >= 0.6 is 11.3 Å². The van der Waals surface area contributed by atoms with Crippen molar-refractivity contribution in [3.05, 3.63) is 59.1 Å². The molecule has 33 heavy (non-hydrogen) atoms. The Morgan fingerprint density at radius 2 is 1.97 bits per heavy atom. The van der Waals surface area contributed by atoms with E-state index in [0.29, 0.717) is 5.69 Å². The Hall–Kier alpha value is -2.87. The topological polar surface area (TPSA) is 112 Å². The highest BCUT2D eigenvalue weighted by Gasteiger charge is 2.33. The predicted molar refractivity (Wildman–Crippen MR) is 115 cm³/mol. The Labute approximate surface area is 190 Å². The van der Waals surface area contributed by atoms with Gasteiger partial charge in [-0.05, 0) is 30.3 Å². The fourth-order valence-corrected chi connectivity index (χ4v) is 5.21. The first-order chi connectivity index (χ1) is 15.6. The minimum absolute atomic E-state index is 0.0821. The van der Waals surface area contributed by atoms with Gasteiger partial charge in [0.05, 0.1) is 29.3 Å². The number of thiazole rings is 1. The number of anilines is 3. The second kappa shape index (κ2) is 8.82. The zero-order valence-electron chi connectivity index (χ0n) is 16.8. The molecule has 1 aliphatic rings. The first kappa shape index (κ1) is 23.3. The Morgan fingerprint density at radius 3 is 2.64 bits per heavy atom. The monoisotopic (exact) mass is 501 g/mol. The van der Waals surface area contributed by atoms with Gasteiger partial charge in [-0.3, -0.25) is 4.72 Å². The van der Waals surface area contributed by atoms with E-state index in [4.69, 9.17) is 4.74 Å². The van der Waals surface area contributed by atoms with Gasteiger partial charge in [-0.1, -0.05) is 0 Å². The van der Waals surface area contributed by atoms with Crippen LogP contribution in [-0.4, -0.2) is 43.4 Å². The van der Waals surface area contributed by atoms with Gasteiger partial charge in [0.15, 0.2) is 5.13 Å². The molecule has 0 amide bonds. The summed E-state index contributed by atoms with van der Waals surface area (Å²) in [6.45, 7) is -0.426.